The molecule has 4 heteroatoms. The summed E-state index contributed by atoms with van der Waals surface area (Å²) >= 11 is 2.12. The second-order valence-corrected chi connectivity index (χ2v) is 3.59. The van der Waals surface area contributed by atoms with Gasteiger partial charge in [0, 0.05) is 10.6 Å². The lowest BCUT2D eigenvalue weighted by molar-refractivity contribution is 0.0962. The van der Waals surface area contributed by atoms with Gasteiger partial charge in [-0.3, -0.25) is 4.79 Å². The number of carbonyl (C=O) groups excluding carboxylic acids is 1. The number of halogens is 1. The molecule has 70 valence electrons. The van der Waals surface area contributed by atoms with Crippen molar-refractivity contribution >= 4 is 28.5 Å². The lowest BCUT2D eigenvalue weighted by Gasteiger charge is -2.05. The van der Waals surface area contributed by atoms with Gasteiger partial charge in [0.15, 0.2) is 0 Å². The fraction of sp³-hybridized carbons (Fsp3) is 0.222. The van der Waals surface area contributed by atoms with Crippen LogP contribution in [0.15, 0.2) is 18.2 Å². The summed E-state index contributed by atoms with van der Waals surface area (Å²) in [7, 11) is 3.19. The molecule has 0 aliphatic rings. The molecule has 0 atom stereocenters. The molecular formula is C9H10INO2. The van der Waals surface area contributed by atoms with Crippen molar-refractivity contribution in [3.05, 3.63) is 27.3 Å². The maximum atomic E-state index is 11.3. The van der Waals surface area contributed by atoms with E-state index in [0.29, 0.717) is 11.3 Å². The van der Waals surface area contributed by atoms with E-state index < -0.39 is 0 Å². The van der Waals surface area contributed by atoms with Gasteiger partial charge in [0.1, 0.15) is 5.75 Å². The van der Waals surface area contributed by atoms with E-state index in [4.69, 9.17) is 4.74 Å². The van der Waals surface area contributed by atoms with Gasteiger partial charge in [0.25, 0.3) is 5.91 Å². The highest BCUT2D eigenvalue weighted by atomic mass is 127. The third-order valence-corrected chi connectivity index (χ3v) is 2.59. The third-order valence-electron chi connectivity index (χ3n) is 1.65. The van der Waals surface area contributed by atoms with E-state index in [1.807, 2.05) is 12.1 Å². The minimum Gasteiger partial charge on any atom is -0.497 e. The molecule has 13 heavy (non-hydrogen) atoms. The maximum absolute atomic E-state index is 11.3. The van der Waals surface area contributed by atoms with Crippen molar-refractivity contribution in [3.63, 3.8) is 0 Å². The summed E-state index contributed by atoms with van der Waals surface area (Å²) in [6.45, 7) is 0. The molecule has 1 N–H and O–H groups in total. The summed E-state index contributed by atoms with van der Waals surface area (Å²) < 4.78 is 5.94. The van der Waals surface area contributed by atoms with E-state index in [-0.39, 0.29) is 5.91 Å². The highest BCUT2D eigenvalue weighted by Gasteiger charge is 2.08. The monoisotopic (exact) mass is 291 g/mol. The summed E-state index contributed by atoms with van der Waals surface area (Å²) in [5, 5.41) is 2.57. The summed E-state index contributed by atoms with van der Waals surface area (Å²) in [5.74, 6) is 0.599. The number of benzene rings is 1. The Labute approximate surface area is 90.6 Å². The predicted molar refractivity (Wildman–Crippen MR) is 59.1 cm³/mol. The molecule has 0 aliphatic carbocycles. The fourth-order valence-electron chi connectivity index (χ4n) is 0.940. The van der Waals surface area contributed by atoms with Crippen LogP contribution >= 0.6 is 22.6 Å². The normalized spacial score (nSPS) is 9.46. The largest absolute Gasteiger partial charge is 0.497 e. The van der Waals surface area contributed by atoms with Gasteiger partial charge in [0.05, 0.1) is 12.7 Å². The van der Waals surface area contributed by atoms with Gasteiger partial charge in [0.2, 0.25) is 0 Å². The fourth-order valence-corrected chi connectivity index (χ4v) is 1.52. The molecular weight excluding hydrogens is 281 g/mol. The van der Waals surface area contributed by atoms with Gasteiger partial charge in [-0.05, 0) is 40.8 Å². The number of amides is 1. The quantitative estimate of drug-likeness (QED) is 0.842. The van der Waals surface area contributed by atoms with Crippen molar-refractivity contribution in [2.75, 3.05) is 14.2 Å². The summed E-state index contributed by atoms with van der Waals surface area (Å²) in [6, 6.07) is 5.40. The van der Waals surface area contributed by atoms with Crippen molar-refractivity contribution < 1.29 is 9.53 Å². The van der Waals surface area contributed by atoms with Crippen LogP contribution in [-0.4, -0.2) is 20.1 Å². The van der Waals surface area contributed by atoms with Crippen molar-refractivity contribution in [2.24, 2.45) is 0 Å². The number of hydrogen-bond donors (Lipinski definition) is 1. The van der Waals surface area contributed by atoms with Crippen LogP contribution in [0.1, 0.15) is 10.4 Å². The first-order valence-electron chi connectivity index (χ1n) is 3.74. The van der Waals surface area contributed by atoms with Crippen LogP contribution < -0.4 is 10.1 Å². The van der Waals surface area contributed by atoms with Crippen LogP contribution in [0.3, 0.4) is 0 Å². The molecule has 0 spiro atoms. The average molecular weight is 291 g/mol. The summed E-state index contributed by atoms with van der Waals surface area (Å²) in [4.78, 5) is 11.3. The molecule has 0 aromatic heterocycles. The Bertz CT molecular complexity index is 325. The van der Waals surface area contributed by atoms with Crippen LogP contribution in [0.2, 0.25) is 0 Å². The highest BCUT2D eigenvalue weighted by molar-refractivity contribution is 14.1. The molecule has 0 saturated carbocycles. The zero-order valence-electron chi connectivity index (χ0n) is 7.43. The third kappa shape index (κ3) is 2.33. The lowest BCUT2D eigenvalue weighted by atomic mass is 10.2. The van der Waals surface area contributed by atoms with Crippen molar-refractivity contribution in [3.8, 4) is 5.75 Å². The molecule has 1 amide bonds. The minimum absolute atomic E-state index is 0.0942. The predicted octanol–water partition coefficient (Wildman–Crippen LogP) is 1.66. The Morgan fingerprint density at radius 3 is 2.77 bits per heavy atom. The summed E-state index contributed by atoms with van der Waals surface area (Å²) in [5.41, 5.74) is 0.641. The highest BCUT2D eigenvalue weighted by Crippen LogP contribution is 2.18. The summed E-state index contributed by atoms with van der Waals surface area (Å²) in [6.07, 6.45) is 0. The van der Waals surface area contributed by atoms with Crippen LogP contribution in [0.4, 0.5) is 0 Å². The molecule has 1 aromatic carbocycles. The van der Waals surface area contributed by atoms with E-state index in [1.165, 1.54) is 0 Å². The van der Waals surface area contributed by atoms with Crippen molar-refractivity contribution in [1.82, 2.24) is 5.32 Å². The van der Waals surface area contributed by atoms with Crippen LogP contribution in [0.25, 0.3) is 0 Å². The molecule has 0 unspecified atom stereocenters. The van der Waals surface area contributed by atoms with Gasteiger partial charge in [-0.1, -0.05) is 0 Å². The standard InChI is InChI=1S/C9H10INO2/c1-11-9(12)7-5-6(13-2)3-4-8(7)10/h3-5H,1-2H3,(H,11,12). The lowest BCUT2D eigenvalue weighted by Crippen LogP contribution is -2.18. The molecule has 0 bridgehead atoms. The van der Waals surface area contributed by atoms with E-state index in [9.17, 15) is 4.79 Å². The first-order chi connectivity index (χ1) is 6.19. The Kier molecular flexibility index (Phi) is 3.53. The molecule has 1 rings (SSSR count). The molecule has 0 heterocycles. The zero-order valence-corrected chi connectivity index (χ0v) is 9.58. The topological polar surface area (TPSA) is 38.3 Å². The number of nitrogens with one attached hydrogen (secondary N) is 1. The van der Waals surface area contributed by atoms with Gasteiger partial charge < -0.3 is 10.1 Å². The molecule has 3 nitrogen and oxygen atoms in total. The number of methoxy groups -OCH3 is 1. The number of carbonyl (C=O) groups is 1. The maximum Gasteiger partial charge on any atom is 0.252 e. The van der Waals surface area contributed by atoms with Crippen LogP contribution in [0, 0.1) is 3.57 Å². The van der Waals surface area contributed by atoms with E-state index in [1.54, 1.807) is 20.2 Å². The molecule has 0 aliphatic heterocycles. The van der Waals surface area contributed by atoms with E-state index in [2.05, 4.69) is 27.9 Å². The van der Waals surface area contributed by atoms with Gasteiger partial charge in [-0.25, -0.2) is 0 Å². The van der Waals surface area contributed by atoms with E-state index >= 15 is 0 Å². The number of rotatable bonds is 2. The zero-order chi connectivity index (χ0) is 9.84. The second kappa shape index (κ2) is 4.45. The number of hydrogen-bond acceptors (Lipinski definition) is 2. The minimum atomic E-state index is -0.0942. The van der Waals surface area contributed by atoms with Gasteiger partial charge in [-0.2, -0.15) is 0 Å². The molecule has 1 aromatic rings. The number of ether oxygens (including phenoxy) is 1. The Morgan fingerprint density at radius 1 is 1.54 bits per heavy atom. The first kappa shape index (κ1) is 10.3. The smallest absolute Gasteiger partial charge is 0.252 e. The molecule has 0 saturated heterocycles. The Morgan fingerprint density at radius 2 is 2.23 bits per heavy atom. The van der Waals surface area contributed by atoms with Gasteiger partial charge >= 0.3 is 0 Å². The van der Waals surface area contributed by atoms with Crippen molar-refractivity contribution in [2.45, 2.75) is 0 Å². The van der Waals surface area contributed by atoms with Crippen molar-refractivity contribution in [1.29, 1.82) is 0 Å². The second-order valence-electron chi connectivity index (χ2n) is 2.42. The SMILES string of the molecule is CNC(=O)c1cc(OC)ccc1I. The Hall–Kier alpha value is -0.780. The molecule has 0 radical (unpaired) electrons. The Balaban J connectivity index is 3.11. The first-order valence-corrected chi connectivity index (χ1v) is 4.82. The van der Waals surface area contributed by atoms with Crippen LogP contribution in [0.5, 0.6) is 5.75 Å². The molecule has 0 fully saturated rings. The average Bonchev–Trinajstić information content (AvgIpc) is 2.17. The van der Waals surface area contributed by atoms with E-state index in [0.717, 1.165) is 3.57 Å². The van der Waals surface area contributed by atoms with Gasteiger partial charge in [-0.15, -0.1) is 0 Å². The van der Waals surface area contributed by atoms with Crippen LogP contribution in [-0.2, 0) is 0 Å².